The molecule has 5 nitrogen and oxygen atoms in total. The predicted octanol–water partition coefficient (Wildman–Crippen LogP) is 3.34. The minimum atomic E-state index is -0.407. The number of benzene rings is 1. The number of hydrogen-bond donors (Lipinski definition) is 1. The summed E-state index contributed by atoms with van der Waals surface area (Å²) in [5.74, 6) is 0.501. The lowest BCUT2D eigenvalue weighted by atomic mass is 9.84. The summed E-state index contributed by atoms with van der Waals surface area (Å²) in [4.78, 5) is 18.9. The molecule has 1 heterocycles. The predicted molar refractivity (Wildman–Crippen MR) is 106 cm³/mol. The van der Waals surface area contributed by atoms with E-state index in [0.717, 1.165) is 38.4 Å². The maximum atomic E-state index is 14.2. The summed E-state index contributed by atoms with van der Waals surface area (Å²) in [6, 6.07) is 6.87. The van der Waals surface area contributed by atoms with Gasteiger partial charge in [-0.1, -0.05) is 32.0 Å². The highest BCUT2D eigenvalue weighted by Crippen LogP contribution is 2.26. The summed E-state index contributed by atoms with van der Waals surface area (Å²) in [7, 11) is 0. The van der Waals surface area contributed by atoms with Crippen molar-refractivity contribution < 1.29 is 13.9 Å². The monoisotopic (exact) mass is 377 g/mol. The molecular formula is C21H32FN3O2. The second-order valence-corrected chi connectivity index (χ2v) is 7.55. The van der Waals surface area contributed by atoms with Gasteiger partial charge in [0.05, 0.1) is 19.1 Å². The first-order valence-corrected chi connectivity index (χ1v) is 9.84. The maximum absolute atomic E-state index is 14.2. The fourth-order valence-corrected chi connectivity index (χ4v) is 3.38. The molecule has 0 spiro atoms. The molecule has 0 bridgehead atoms. The molecule has 0 aliphatic carbocycles. The first kappa shape index (κ1) is 21.2. The molecule has 6 heteroatoms. The van der Waals surface area contributed by atoms with Crippen molar-refractivity contribution in [1.82, 2.24) is 10.2 Å². The number of hydrogen-bond acceptors (Lipinski definition) is 3. The van der Waals surface area contributed by atoms with Crippen LogP contribution in [0.25, 0.3) is 0 Å². The number of carbonyl (C=O) groups is 1. The average molecular weight is 378 g/mol. The summed E-state index contributed by atoms with van der Waals surface area (Å²) in [6.45, 7) is 11.1. The number of aliphatic imine (C=N–C) groups is 1. The third kappa shape index (κ3) is 5.68. The van der Waals surface area contributed by atoms with E-state index in [9.17, 15) is 9.18 Å². The van der Waals surface area contributed by atoms with Gasteiger partial charge in [-0.25, -0.2) is 4.39 Å². The molecule has 1 N–H and O–H groups in total. The van der Waals surface area contributed by atoms with Crippen molar-refractivity contribution in [1.29, 1.82) is 0 Å². The van der Waals surface area contributed by atoms with Crippen LogP contribution in [-0.4, -0.2) is 49.6 Å². The number of rotatable bonds is 6. The van der Waals surface area contributed by atoms with Crippen LogP contribution in [0, 0.1) is 11.7 Å². The molecule has 27 heavy (non-hydrogen) atoms. The molecule has 1 aliphatic rings. The largest absolute Gasteiger partial charge is 0.466 e. The topological polar surface area (TPSA) is 53.9 Å². The van der Waals surface area contributed by atoms with Gasteiger partial charge < -0.3 is 15.0 Å². The van der Waals surface area contributed by atoms with Crippen LogP contribution in [0.4, 0.5) is 4.39 Å². The Morgan fingerprint density at radius 3 is 2.56 bits per heavy atom. The van der Waals surface area contributed by atoms with Gasteiger partial charge in [0.1, 0.15) is 5.82 Å². The van der Waals surface area contributed by atoms with Gasteiger partial charge in [-0.3, -0.25) is 9.79 Å². The molecule has 0 unspecified atom stereocenters. The summed E-state index contributed by atoms with van der Waals surface area (Å²) in [5.41, 5.74) is 0.264. The van der Waals surface area contributed by atoms with E-state index in [1.54, 1.807) is 6.07 Å². The molecule has 0 atom stereocenters. The van der Waals surface area contributed by atoms with E-state index in [0.29, 0.717) is 18.7 Å². The zero-order valence-corrected chi connectivity index (χ0v) is 16.9. The van der Waals surface area contributed by atoms with Crippen LogP contribution in [0.5, 0.6) is 0 Å². The second-order valence-electron chi connectivity index (χ2n) is 7.55. The fourth-order valence-electron chi connectivity index (χ4n) is 3.38. The number of ether oxygens (including phenoxy) is 1. The van der Waals surface area contributed by atoms with E-state index < -0.39 is 5.41 Å². The molecule has 1 aromatic rings. The fraction of sp³-hybridized carbons (Fsp3) is 0.619. The Kier molecular flexibility index (Phi) is 7.63. The highest BCUT2D eigenvalue weighted by molar-refractivity contribution is 5.80. The number of nitrogens with one attached hydrogen (secondary N) is 1. The minimum Gasteiger partial charge on any atom is -0.466 e. The van der Waals surface area contributed by atoms with Crippen molar-refractivity contribution in [3.05, 3.63) is 35.6 Å². The molecular weight excluding hydrogens is 345 g/mol. The summed E-state index contributed by atoms with van der Waals surface area (Å²) in [5, 5.41) is 3.33. The number of halogens is 1. The van der Waals surface area contributed by atoms with Gasteiger partial charge in [0.15, 0.2) is 5.96 Å². The quantitative estimate of drug-likeness (QED) is 0.469. The molecule has 1 aromatic carbocycles. The molecule has 1 fully saturated rings. The lowest BCUT2D eigenvalue weighted by Crippen LogP contribution is -2.47. The molecule has 0 aromatic heterocycles. The summed E-state index contributed by atoms with van der Waals surface area (Å²) < 4.78 is 19.3. The van der Waals surface area contributed by atoms with Crippen LogP contribution in [0.3, 0.4) is 0 Å². The average Bonchev–Trinajstić information content (AvgIpc) is 2.65. The van der Waals surface area contributed by atoms with Crippen LogP contribution < -0.4 is 5.32 Å². The van der Waals surface area contributed by atoms with Crippen molar-refractivity contribution in [2.75, 3.05) is 32.8 Å². The van der Waals surface area contributed by atoms with E-state index in [4.69, 9.17) is 9.73 Å². The van der Waals surface area contributed by atoms with Gasteiger partial charge in [0.25, 0.3) is 0 Å². The van der Waals surface area contributed by atoms with Gasteiger partial charge in [0, 0.05) is 25.0 Å². The van der Waals surface area contributed by atoms with Crippen molar-refractivity contribution >= 4 is 11.9 Å². The Morgan fingerprint density at radius 1 is 1.30 bits per heavy atom. The minimum absolute atomic E-state index is 0.0288. The Hall–Kier alpha value is -2.11. The third-order valence-electron chi connectivity index (χ3n) is 4.98. The highest BCUT2D eigenvalue weighted by atomic mass is 19.1. The number of esters is 1. The molecule has 1 saturated heterocycles. The Morgan fingerprint density at radius 2 is 1.96 bits per heavy atom. The second kappa shape index (κ2) is 9.72. The van der Waals surface area contributed by atoms with E-state index in [1.165, 1.54) is 6.07 Å². The zero-order valence-electron chi connectivity index (χ0n) is 16.9. The van der Waals surface area contributed by atoms with Crippen molar-refractivity contribution in [3.63, 3.8) is 0 Å². The van der Waals surface area contributed by atoms with Crippen LogP contribution in [0.15, 0.2) is 29.3 Å². The standard InChI is InChI=1S/C21H32FN3O2/c1-5-23-20(25-13-11-16(12-14-25)19(26)27-6-2)24-15-21(3,4)17-9-7-8-10-18(17)22/h7-10,16H,5-6,11-15H2,1-4H3,(H,23,24). The molecule has 0 amide bonds. The van der Waals surface area contributed by atoms with Crippen molar-refractivity contribution in [3.8, 4) is 0 Å². The molecule has 2 rings (SSSR count). The lowest BCUT2D eigenvalue weighted by molar-refractivity contribution is -0.149. The molecule has 0 radical (unpaired) electrons. The number of likely N-dealkylation sites (tertiary alicyclic amines) is 1. The number of nitrogens with zero attached hydrogens (tertiary/aromatic N) is 2. The number of carbonyl (C=O) groups excluding carboxylic acids is 1. The van der Waals surface area contributed by atoms with Gasteiger partial charge in [-0.05, 0) is 38.3 Å². The van der Waals surface area contributed by atoms with E-state index >= 15 is 0 Å². The summed E-state index contributed by atoms with van der Waals surface area (Å²) >= 11 is 0. The molecule has 0 saturated carbocycles. The maximum Gasteiger partial charge on any atom is 0.309 e. The van der Waals surface area contributed by atoms with Gasteiger partial charge in [-0.15, -0.1) is 0 Å². The first-order chi connectivity index (χ1) is 12.9. The number of piperidine rings is 1. The van der Waals surface area contributed by atoms with Crippen molar-refractivity contribution in [2.24, 2.45) is 10.9 Å². The van der Waals surface area contributed by atoms with Gasteiger partial charge in [-0.2, -0.15) is 0 Å². The Balaban J connectivity index is 2.04. The van der Waals surface area contributed by atoms with E-state index in [-0.39, 0.29) is 17.7 Å². The van der Waals surface area contributed by atoms with Crippen LogP contribution >= 0.6 is 0 Å². The van der Waals surface area contributed by atoms with Gasteiger partial charge in [0.2, 0.25) is 0 Å². The van der Waals surface area contributed by atoms with Crippen molar-refractivity contribution in [2.45, 2.75) is 46.0 Å². The number of guanidine groups is 1. The smallest absolute Gasteiger partial charge is 0.309 e. The van der Waals surface area contributed by atoms with Crippen LogP contribution in [0.2, 0.25) is 0 Å². The molecule has 1 aliphatic heterocycles. The van der Waals surface area contributed by atoms with Crippen LogP contribution in [0.1, 0.15) is 46.1 Å². The third-order valence-corrected chi connectivity index (χ3v) is 4.98. The SMILES string of the molecule is CCNC(=NCC(C)(C)c1ccccc1F)N1CCC(C(=O)OCC)CC1. The van der Waals surface area contributed by atoms with E-state index in [2.05, 4.69) is 10.2 Å². The lowest BCUT2D eigenvalue weighted by Gasteiger charge is -2.34. The summed E-state index contributed by atoms with van der Waals surface area (Å²) in [6.07, 6.45) is 1.53. The Bertz CT molecular complexity index is 653. The van der Waals surface area contributed by atoms with E-state index in [1.807, 2.05) is 39.8 Å². The Labute approximate surface area is 162 Å². The molecule has 150 valence electrons. The van der Waals surface area contributed by atoms with Gasteiger partial charge >= 0.3 is 5.97 Å². The first-order valence-electron chi connectivity index (χ1n) is 9.84. The zero-order chi connectivity index (χ0) is 19.9. The normalized spacial score (nSPS) is 16.3. The highest BCUT2D eigenvalue weighted by Gasteiger charge is 2.28. The van der Waals surface area contributed by atoms with Crippen LogP contribution in [-0.2, 0) is 14.9 Å².